The van der Waals surface area contributed by atoms with Gasteiger partial charge in [0.25, 0.3) is 0 Å². The molecule has 8 aliphatic heterocycles. The first-order chi connectivity index (χ1) is 56.5. The number of pyridine rings is 4. The number of Topliss-reactive ketones (excluding diaryl/α,β-unsaturated/α-hetero) is 4. The van der Waals surface area contributed by atoms with E-state index in [0.29, 0.717) is 83.9 Å². The van der Waals surface area contributed by atoms with Crippen LogP contribution in [0.25, 0.3) is 0 Å². The first kappa shape index (κ1) is 86.2. The SMILES string of the molecule is CN1C(N)=N[C@]2(C)c3cc(CC(=O)c4ccc(Cl)cn4)ccc3OCC[C@H]2S1(=O)=O.CN1C(N)=N[C@]2(C)c3cc(CC(=O)c4ccc(F)cn4)ccc3OCC[C@H]2S1(=O)=O.CN1C(N)=N[C@]2(C)c3cc(CC(=O)c4ccccn4)ccc3OCC[C@H]2S1(=O)=O.Cc1cc(F)cnc1C(=O)Cc1ccc2c(c1)[C@@]1(C)N=C(N)N(C)S(=O)(=O)[C@@H]1CCO2. The zero-order chi connectivity index (χ0) is 86.7. The van der Waals surface area contributed by atoms with E-state index in [4.69, 9.17) is 53.5 Å². The predicted molar refractivity (Wildman–Crippen MR) is 443 cm³/mol. The van der Waals surface area contributed by atoms with Crippen molar-refractivity contribution in [3.63, 3.8) is 0 Å². The maximum Gasteiger partial charge on any atom is 0.242 e. The summed E-state index contributed by atoms with van der Waals surface area (Å²) in [6, 6.07) is 33.2. The smallest absolute Gasteiger partial charge is 0.242 e. The second-order valence-electron chi connectivity index (χ2n) is 30.5. The standard InChI is InChI=1S/C21H23FN4O4S.C20H21ClN4O4S.C20H21FN4O4S.C20H22N4O4S/c1-12-8-14(22)11-24-19(12)16(27)10-13-4-5-17-15(9-13)21(2)18(6-7-30-17)31(28,29)26(3)20(23)25-21;2*1-20-14-9-12(10-16(26)15-5-4-13(21)11-23-15)3-6-17(14)29-8-7-18(20)30(27,28)25(2)19(22)24-20;1-20-14-11-13(12-16(25)15-5-3-4-9-22-15)6-7-17(14)28-10-8-18(20)29(26,27)24(2)19(21)23-20/h4-5,8-9,11,18H,6-7,10H2,1-3H3,(H2,23,25);2*3-6,9,11,18H,7-8,10H2,1-2H3,(H2,22,24);3-7,9,11,18H,8,10,12H2,1-2H3,(H2,21,23)/t18-,21-;3*18-,20-/m1111/s1. The summed E-state index contributed by atoms with van der Waals surface area (Å²) in [4.78, 5) is 84.6. The molecule has 39 heteroatoms. The first-order valence-corrected chi connectivity index (χ1v) is 44.2. The van der Waals surface area contributed by atoms with Crippen LogP contribution in [0.1, 0.15) is 145 Å². The van der Waals surface area contributed by atoms with Crippen molar-refractivity contribution in [2.24, 2.45) is 42.9 Å². The molecule has 0 saturated heterocycles. The molecule has 0 bridgehead atoms. The molecule has 0 amide bonds. The Morgan fingerprint density at radius 3 is 1.01 bits per heavy atom. The number of carbonyl (C=O) groups is 4. The lowest BCUT2D eigenvalue weighted by molar-refractivity contribution is 0.0979. The van der Waals surface area contributed by atoms with Crippen LogP contribution >= 0.6 is 11.6 Å². The molecule has 0 saturated carbocycles. The number of carbonyl (C=O) groups excluding carboxylic acids is 4. The molecule has 0 radical (unpaired) electrons. The Hall–Kier alpha value is -11.6. The number of sulfonamides is 4. The molecule has 16 rings (SSSR count). The highest BCUT2D eigenvalue weighted by molar-refractivity contribution is 7.91. The highest BCUT2D eigenvalue weighted by Gasteiger charge is 2.57. The number of halogens is 3. The summed E-state index contributed by atoms with van der Waals surface area (Å²) in [5, 5.41) is -2.90. The van der Waals surface area contributed by atoms with Gasteiger partial charge < -0.3 is 41.9 Å². The minimum Gasteiger partial charge on any atom is -0.493 e. The number of aliphatic imine (C=N–C) groups is 4. The van der Waals surface area contributed by atoms with E-state index >= 15 is 0 Å². The van der Waals surface area contributed by atoms with Crippen molar-refractivity contribution >= 4 is 98.7 Å². The molecule has 632 valence electrons. The number of hydrogen-bond acceptors (Lipinski definition) is 28. The van der Waals surface area contributed by atoms with Crippen LogP contribution < -0.4 is 41.9 Å². The average Bonchev–Trinajstić information content (AvgIpc) is 1.31. The third-order valence-corrected chi connectivity index (χ3v) is 32.5. The number of aromatic nitrogens is 4. The molecule has 12 heterocycles. The Balaban J connectivity index is 0.000000138. The molecule has 4 aromatic carbocycles. The maximum absolute atomic E-state index is 13.3. The van der Waals surface area contributed by atoms with Gasteiger partial charge in [0.1, 0.15) is 101 Å². The van der Waals surface area contributed by atoms with E-state index in [1.807, 2.05) is 0 Å². The third-order valence-electron chi connectivity index (χ3n) is 22.8. The van der Waals surface area contributed by atoms with E-state index in [9.17, 15) is 61.6 Å². The Morgan fingerprint density at radius 2 is 0.717 bits per heavy atom. The lowest BCUT2D eigenvalue weighted by Crippen LogP contribution is -2.56. The number of hydrogen-bond donors (Lipinski definition) is 4. The zero-order valence-corrected chi connectivity index (χ0v) is 70.6. The van der Waals surface area contributed by atoms with Crippen molar-refractivity contribution in [1.82, 2.24) is 37.2 Å². The molecule has 8 atom stereocenters. The summed E-state index contributed by atoms with van der Waals surface area (Å²) in [6.45, 7) is 9.49. The molecule has 0 spiro atoms. The zero-order valence-electron chi connectivity index (χ0n) is 66.6. The molecule has 0 fully saturated rings. The Morgan fingerprint density at radius 1 is 0.408 bits per heavy atom. The molecule has 4 aromatic heterocycles. The van der Waals surface area contributed by atoms with E-state index in [1.54, 1.807) is 144 Å². The quantitative estimate of drug-likeness (QED) is 0.0886. The Labute approximate surface area is 697 Å². The molecule has 0 aliphatic carbocycles. The van der Waals surface area contributed by atoms with Gasteiger partial charge in [-0.15, -0.1) is 0 Å². The maximum atomic E-state index is 13.3. The van der Waals surface area contributed by atoms with E-state index in [0.717, 1.165) is 35.2 Å². The van der Waals surface area contributed by atoms with Crippen LogP contribution in [0.4, 0.5) is 8.78 Å². The van der Waals surface area contributed by atoms with Gasteiger partial charge in [0, 0.05) is 114 Å². The van der Waals surface area contributed by atoms with E-state index in [-0.39, 0.29) is 136 Å². The summed E-state index contributed by atoms with van der Waals surface area (Å²) in [5.41, 5.74) is 25.7. The summed E-state index contributed by atoms with van der Waals surface area (Å²) in [7, 11) is -9.31. The fraction of sp³-hybridized carbons (Fsp3) is 0.358. The number of ether oxygens (including phenoxy) is 4. The van der Waals surface area contributed by atoms with E-state index < -0.39 is 94.9 Å². The van der Waals surface area contributed by atoms with Gasteiger partial charge in [-0.25, -0.2) is 84.6 Å². The molecule has 8 aromatic rings. The Kier molecular flexibility index (Phi) is 23.6. The number of fused-ring (bicyclic) bond motifs is 12. The number of benzene rings is 4. The number of rotatable bonds is 12. The fourth-order valence-corrected chi connectivity index (χ4v) is 23.6. The van der Waals surface area contributed by atoms with Gasteiger partial charge in [0.15, 0.2) is 23.1 Å². The van der Waals surface area contributed by atoms with Crippen molar-refractivity contribution in [3.8, 4) is 23.0 Å². The molecule has 8 aliphatic rings. The highest BCUT2D eigenvalue weighted by Crippen LogP contribution is 2.50. The average molecular weight is 1740 g/mol. The molecule has 120 heavy (non-hydrogen) atoms. The van der Waals surface area contributed by atoms with Crippen molar-refractivity contribution < 1.29 is 80.6 Å². The van der Waals surface area contributed by atoms with E-state index in [1.165, 1.54) is 52.6 Å². The van der Waals surface area contributed by atoms with Gasteiger partial charge in [0.2, 0.25) is 63.9 Å². The van der Waals surface area contributed by atoms with Crippen LogP contribution in [0.5, 0.6) is 23.0 Å². The largest absolute Gasteiger partial charge is 0.493 e. The second kappa shape index (κ2) is 32.8. The van der Waals surface area contributed by atoms with Crippen LogP contribution in [0, 0.1) is 18.6 Å². The minimum atomic E-state index is -3.74. The lowest BCUT2D eigenvalue weighted by Gasteiger charge is -2.40. The van der Waals surface area contributed by atoms with E-state index in [2.05, 4.69) is 39.9 Å². The topological polar surface area (TPSA) is 460 Å². The monoisotopic (exact) mass is 1740 g/mol. The first-order valence-electron chi connectivity index (χ1n) is 37.8. The molecule has 0 unspecified atom stereocenters. The van der Waals surface area contributed by atoms with Crippen molar-refractivity contribution in [2.45, 2.75) is 129 Å². The minimum absolute atomic E-state index is 0.0124. The van der Waals surface area contributed by atoms with Crippen LogP contribution in [0.15, 0.2) is 166 Å². The van der Waals surface area contributed by atoms with Gasteiger partial charge in [-0.2, -0.15) is 0 Å². The normalized spacial score (nSPS) is 24.7. The van der Waals surface area contributed by atoms with Crippen molar-refractivity contribution in [2.75, 3.05) is 54.6 Å². The van der Waals surface area contributed by atoms with Crippen LogP contribution in [0.2, 0.25) is 5.02 Å². The summed E-state index contributed by atoms with van der Waals surface area (Å²) < 4.78 is 158. The third kappa shape index (κ3) is 16.3. The van der Waals surface area contributed by atoms with Crippen molar-refractivity contribution in [3.05, 3.63) is 236 Å². The molecule has 32 nitrogen and oxygen atoms in total. The second-order valence-corrected chi connectivity index (χ2v) is 39.5. The predicted octanol–water partition coefficient (Wildman–Crippen LogP) is 7.09. The van der Waals surface area contributed by atoms with Crippen LogP contribution in [-0.2, 0) is 87.9 Å². The number of aryl methyl sites for hydroxylation is 1. The highest BCUT2D eigenvalue weighted by atomic mass is 35.5. The van der Waals surface area contributed by atoms with Gasteiger partial charge >= 0.3 is 0 Å². The summed E-state index contributed by atoms with van der Waals surface area (Å²) in [5.74, 6) is -0.113. The number of nitrogens with two attached hydrogens (primary N) is 4. The molecular weight excluding hydrogens is 1650 g/mol. The van der Waals surface area contributed by atoms with Gasteiger partial charge in [-0.1, -0.05) is 41.9 Å². The number of ketones is 4. The van der Waals surface area contributed by atoms with Gasteiger partial charge in [-0.3, -0.25) is 34.1 Å². The number of nitrogens with zero attached hydrogens (tertiary/aromatic N) is 12. The van der Waals surface area contributed by atoms with Gasteiger partial charge in [0.05, 0.1) is 43.8 Å². The van der Waals surface area contributed by atoms with Gasteiger partial charge in [-0.05, 0) is 153 Å². The molecule has 8 N–H and O–H groups in total. The summed E-state index contributed by atoms with van der Waals surface area (Å²) >= 11 is 5.83. The molecular formula is C81H87ClF2N16O16S4. The van der Waals surface area contributed by atoms with Crippen molar-refractivity contribution in [1.29, 1.82) is 0 Å². The summed E-state index contributed by atoms with van der Waals surface area (Å²) in [6.07, 6.45) is 6.32. The van der Waals surface area contributed by atoms with Crippen LogP contribution in [-0.4, -0.2) is 193 Å². The lowest BCUT2D eigenvalue weighted by atomic mass is 9.85. The van der Waals surface area contributed by atoms with Crippen LogP contribution in [0.3, 0.4) is 0 Å². The Bertz CT molecular complexity index is 5900. The number of guanidine groups is 4. The fourth-order valence-electron chi connectivity index (χ4n) is 16.1.